The van der Waals surface area contributed by atoms with Crippen molar-refractivity contribution in [2.75, 3.05) is 0 Å². The van der Waals surface area contributed by atoms with Crippen molar-refractivity contribution >= 4 is 5.69 Å². The van der Waals surface area contributed by atoms with Gasteiger partial charge >= 0.3 is 5.69 Å². The lowest BCUT2D eigenvalue weighted by molar-refractivity contribution is -0.386. The van der Waals surface area contributed by atoms with Crippen molar-refractivity contribution in [2.24, 2.45) is 0 Å². The summed E-state index contributed by atoms with van der Waals surface area (Å²) >= 11 is 0. The van der Waals surface area contributed by atoms with Crippen molar-refractivity contribution in [3.63, 3.8) is 0 Å². The highest BCUT2D eigenvalue weighted by atomic mass is 16.6. The Balaban J connectivity index is 2.36. The Bertz CT molecular complexity index is 632. The molecule has 0 saturated carbocycles. The zero-order valence-corrected chi connectivity index (χ0v) is 12.2. The maximum Gasteiger partial charge on any atom is 0.313 e. The van der Waals surface area contributed by atoms with Crippen LogP contribution < -0.4 is 0 Å². The van der Waals surface area contributed by atoms with Gasteiger partial charge in [0, 0.05) is 0 Å². The molecule has 0 spiro atoms. The number of rotatable bonds is 6. The fourth-order valence-electron chi connectivity index (χ4n) is 2.39. The lowest BCUT2D eigenvalue weighted by Gasteiger charge is -2.06. The Morgan fingerprint density at radius 2 is 1.81 bits per heavy atom. The van der Waals surface area contributed by atoms with E-state index >= 15 is 0 Å². The molecule has 0 bridgehead atoms. The molecule has 0 aliphatic rings. The predicted octanol–water partition coefficient (Wildman–Crippen LogP) is 2.46. The summed E-state index contributed by atoms with van der Waals surface area (Å²) in [7, 11) is 0. The van der Waals surface area contributed by atoms with Crippen LogP contribution in [-0.4, -0.2) is 19.8 Å². The Hall–Kier alpha value is -2.21. The molecule has 112 valence electrons. The summed E-state index contributed by atoms with van der Waals surface area (Å²) in [5, 5.41) is 24.7. The van der Waals surface area contributed by atoms with E-state index in [1.54, 1.807) is 4.68 Å². The summed E-state index contributed by atoms with van der Waals surface area (Å²) in [5.74, 6) is 0. The standard InChI is InChI=1S/C15H19N3O3/c1-3-13-15(18(20)21)14(4-2)17(16-13)9-11-5-7-12(10-19)8-6-11/h5-8,19H,3-4,9-10H2,1-2H3. The smallest absolute Gasteiger partial charge is 0.313 e. The second-order valence-corrected chi connectivity index (χ2v) is 4.84. The molecule has 0 fully saturated rings. The van der Waals surface area contributed by atoms with Gasteiger partial charge in [0.1, 0.15) is 11.4 Å². The SMILES string of the molecule is CCc1nn(Cc2ccc(CO)cc2)c(CC)c1[N+](=O)[O-]. The first-order valence-electron chi connectivity index (χ1n) is 7.02. The van der Waals surface area contributed by atoms with Gasteiger partial charge in [-0.25, -0.2) is 0 Å². The lowest BCUT2D eigenvalue weighted by Crippen LogP contribution is -2.06. The van der Waals surface area contributed by atoms with Gasteiger partial charge < -0.3 is 5.11 Å². The van der Waals surface area contributed by atoms with Crippen LogP contribution in [0.15, 0.2) is 24.3 Å². The average molecular weight is 289 g/mol. The van der Waals surface area contributed by atoms with Crippen molar-refractivity contribution in [1.29, 1.82) is 0 Å². The van der Waals surface area contributed by atoms with Crippen molar-refractivity contribution < 1.29 is 10.0 Å². The molecule has 0 atom stereocenters. The first-order chi connectivity index (χ1) is 10.1. The van der Waals surface area contributed by atoms with Gasteiger partial charge in [-0.15, -0.1) is 0 Å². The van der Waals surface area contributed by atoms with E-state index in [1.807, 2.05) is 38.1 Å². The van der Waals surface area contributed by atoms with Crippen LogP contribution >= 0.6 is 0 Å². The topological polar surface area (TPSA) is 81.2 Å². The van der Waals surface area contributed by atoms with Crippen molar-refractivity contribution in [2.45, 2.75) is 39.8 Å². The van der Waals surface area contributed by atoms with Gasteiger partial charge in [-0.05, 0) is 24.0 Å². The van der Waals surface area contributed by atoms with E-state index in [0.717, 1.165) is 11.1 Å². The van der Waals surface area contributed by atoms with Gasteiger partial charge in [-0.3, -0.25) is 14.8 Å². The second-order valence-electron chi connectivity index (χ2n) is 4.84. The van der Waals surface area contributed by atoms with Crippen molar-refractivity contribution in [3.05, 3.63) is 56.9 Å². The molecule has 0 aliphatic heterocycles. The van der Waals surface area contributed by atoms with Crippen molar-refractivity contribution in [3.8, 4) is 0 Å². The fourth-order valence-corrected chi connectivity index (χ4v) is 2.39. The molecule has 0 amide bonds. The molecule has 21 heavy (non-hydrogen) atoms. The number of aryl methyl sites for hydroxylation is 1. The number of aromatic nitrogens is 2. The number of benzene rings is 1. The summed E-state index contributed by atoms with van der Waals surface area (Å²) in [6.07, 6.45) is 1.11. The highest BCUT2D eigenvalue weighted by Gasteiger charge is 2.25. The number of aliphatic hydroxyl groups is 1. The van der Waals surface area contributed by atoms with Crippen LogP contribution in [0.1, 0.15) is 36.4 Å². The predicted molar refractivity (Wildman–Crippen MR) is 79.1 cm³/mol. The molecule has 1 heterocycles. The Morgan fingerprint density at radius 3 is 2.29 bits per heavy atom. The third-order valence-corrected chi connectivity index (χ3v) is 3.49. The summed E-state index contributed by atoms with van der Waals surface area (Å²) in [4.78, 5) is 10.9. The van der Waals surface area contributed by atoms with Crippen LogP contribution in [0.5, 0.6) is 0 Å². The van der Waals surface area contributed by atoms with Crippen LogP contribution in [0.3, 0.4) is 0 Å². The van der Waals surface area contributed by atoms with Crippen LogP contribution in [-0.2, 0) is 26.0 Å². The molecule has 0 aliphatic carbocycles. The van der Waals surface area contributed by atoms with Gasteiger partial charge in [0.25, 0.3) is 0 Å². The fraction of sp³-hybridized carbons (Fsp3) is 0.400. The molecule has 0 radical (unpaired) electrons. The maximum atomic E-state index is 11.2. The first kappa shape index (κ1) is 15.2. The molecule has 1 aromatic carbocycles. The van der Waals surface area contributed by atoms with E-state index in [9.17, 15) is 10.1 Å². The average Bonchev–Trinajstić information content (AvgIpc) is 2.85. The summed E-state index contributed by atoms with van der Waals surface area (Å²) in [6.45, 7) is 4.27. The zero-order chi connectivity index (χ0) is 15.4. The largest absolute Gasteiger partial charge is 0.392 e. The van der Waals surface area contributed by atoms with E-state index in [1.165, 1.54) is 0 Å². The number of aliphatic hydroxyl groups excluding tert-OH is 1. The van der Waals surface area contributed by atoms with Crippen molar-refractivity contribution in [1.82, 2.24) is 9.78 Å². The van der Waals surface area contributed by atoms with Gasteiger partial charge in [0.05, 0.1) is 18.1 Å². The molecular weight excluding hydrogens is 270 g/mol. The molecule has 1 N–H and O–H groups in total. The molecule has 6 heteroatoms. The first-order valence-corrected chi connectivity index (χ1v) is 7.02. The van der Waals surface area contributed by atoms with Gasteiger partial charge in [-0.2, -0.15) is 5.10 Å². The minimum absolute atomic E-state index is 0.00765. The molecule has 0 saturated heterocycles. The van der Waals surface area contributed by atoms with E-state index < -0.39 is 0 Å². The van der Waals surface area contributed by atoms with E-state index in [-0.39, 0.29) is 17.2 Å². The molecular formula is C15H19N3O3. The van der Waals surface area contributed by atoms with Crippen LogP contribution in [0.2, 0.25) is 0 Å². The summed E-state index contributed by atoms with van der Waals surface area (Å²) < 4.78 is 1.71. The third-order valence-electron chi connectivity index (χ3n) is 3.49. The zero-order valence-electron chi connectivity index (χ0n) is 12.2. The number of nitrogens with zero attached hydrogens (tertiary/aromatic N) is 3. The van der Waals surface area contributed by atoms with Crippen LogP contribution in [0.25, 0.3) is 0 Å². The molecule has 6 nitrogen and oxygen atoms in total. The number of hydrogen-bond donors (Lipinski definition) is 1. The summed E-state index contributed by atoms with van der Waals surface area (Å²) in [5.41, 5.74) is 3.18. The van der Waals surface area contributed by atoms with Crippen LogP contribution in [0.4, 0.5) is 5.69 Å². The molecule has 0 unspecified atom stereocenters. The molecule has 1 aromatic heterocycles. The van der Waals surface area contributed by atoms with Crippen LogP contribution in [0, 0.1) is 10.1 Å². The highest BCUT2D eigenvalue weighted by Crippen LogP contribution is 2.25. The third kappa shape index (κ3) is 3.11. The van der Waals surface area contributed by atoms with Gasteiger partial charge in [-0.1, -0.05) is 38.1 Å². The van der Waals surface area contributed by atoms with Gasteiger partial charge in [0.2, 0.25) is 0 Å². The number of nitro groups is 1. The van der Waals surface area contributed by atoms with E-state index in [4.69, 9.17) is 5.11 Å². The summed E-state index contributed by atoms with van der Waals surface area (Å²) in [6, 6.07) is 7.51. The lowest BCUT2D eigenvalue weighted by atomic mass is 10.1. The van der Waals surface area contributed by atoms with E-state index in [2.05, 4.69) is 5.10 Å². The van der Waals surface area contributed by atoms with E-state index in [0.29, 0.717) is 30.8 Å². The molecule has 2 aromatic rings. The Kier molecular flexibility index (Phi) is 4.70. The Labute approximate surface area is 123 Å². The minimum atomic E-state index is -0.337. The second kappa shape index (κ2) is 6.49. The molecule has 2 rings (SSSR count). The monoisotopic (exact) mass is 289 g/mol. The number of hydrogen-bond acceptors (Lipinski definition) is 4. The quantitative estimate of drug-likeness (QED) is 0.654. The minimum Gasteiger partial charge on any atom is -0.392 e. The van der Waals surface area contributed by atoms with Gasteiger partial charge in [0.15, 0.2) is 0 Å². The normalized spacial score (nSPS) is 10.8. The maximum absolute atomic E-state index is 11.2. The highest BCUT2D eigenvalue weighted by molar-refractivity contribution is 5.41. The Morgan fingerprint density at radius 1 is 1.19 bits per heavy atom.